The molecule has 1 aromatic heterocycles. The molecule has 7 heteroatoms. The van der Waals surface area contributed by atoms with Gasteiger partial charge in [-0.3, -0.25) is 4.79 Å². The quantitative estimate of drug-likeness (QED) is 0.488. The van der Waals surface area contributed by atoms with Gasteiger partial charge in [0, 0.05) is 19.3 Å². The summed E-state index contributed by atoms with van der Waals surface area (Å²) >= 11 is 1.47. The van der Waals surface area contributed by atoms with Gasteiger partial charge in [-0.1, -0.05) is 55.9 Å². The molecule has 3 rings (SSSR count). The molecular formula is C23H28N4O2S. The van der Waals surface area contributed by atoms with Crippen LogP contribution in [0.15, 0.2) is 59.8 Å². The van der Waals surface area contributed by atoms with Gasteiger partial charge in [-0.25, -0.2) is 0 Å². The van der Waals surface area contributed by atoms with E-state index in [1.54, 1.807) is 12.0 Å². The summed E-state index contributed by atoms with van der Waals surface area (Å²) in [5.41, 5.74) is 1.76. The molecule has 1 unspecified atom stereocenters. The molecule has 2 aromatic carbocycles. The molecule has 6 nitrogen and oxygen atoms in total. The Balaban J connectivity index is 1.91. The Labute approximate surface area is 182 Å². The van der Waals surface area contributed by atoms with Crippen molar-refractivity contribution in [2.75, 3.05) is 19.1 Å². The molecule has 1 heterocycles. The number of benzene rings is 2. The molecule has 0 N–H and O–H groups in total. The van der Waals surface area contributed by atoms with E-state index in [0.29, 0.717) is 6.54 Å². The number of hydrogen-bond donors (Lipinski definition) is 0. The highest BCUT2D eigenvalue weighted by molar-refractivity contribution is 8.00. The average molecular weight is 425 g/mol. The summed E-state index contributed by atoms with van der Waals surface area (Å²) in [7, 11) is 3.46. The Bertz CT molecular complexity index is 988. The Morgan fingerprint density at radius 3 is 2.40 bits per heavy atom. The lowest BCUT2D eigenvalue weighted by molar-refractivity contribution is -0.118. The van der Waals surface area contributed by atoms with Crippen LogP contribution in [0.5, 0.6) is 5.75 Å². The van der Waals surface area contributed by atoms with Crippen LogP contribution in [0.1, 0.15) is 20.8 Å². The Morgan fingerprint density at radius 1 is 1.10 bits per heavy atom. The third-order valence-corrected chi connectivity index (χ3v) is 6.45. The van der Waals surface area contributed by atoms with E-state index in [1.807, 2.05) is 66.2 Å². The lowest BCUT2D eigenvalue weighted by Crippen LogP contribution is -2.37. The van der Waals surface area contributed by atoms with Crippen LogP contribution in [-0.2, 0) is 11.3 Å². The molecule has 0 saturated carbocycles. The minimum absolute atomic E-state index is 0.0469. The van der Waals surface area contributed by atoms with Crippen molar-refractivity contribution in [3.8, 4) is 17.1 Å². The zero-order chi connectivity index (χ0) is 21.7. The summed E-state index contributed by atoms with van der Waals surface area (Å²) in [6.45, 7) is 6.86. The molecule has 0 aliphatic carbocycles. The largest absolute Gasteiger partial charge is 0.496 e. The minimum Gasteiger partial charge on any atom is -0.496 e. The molecule has 0 aliphatic heterocycles. The van der Waals surface area contributed by atoms with Crippen molar-refractivity contribution in [3.63, 3.8) is 0 Å². The van der Waals surface area contributed by atoms with Crippen molar-refractivity contribution in [2.24, 2.45) is 5.92 Å². The van der Waals surface area contributed by atoms with E-state index in [-0.39, 0.29) is 17.1 Å². The fourth-order valence-electron chi connectivity index (χ4n) is 3.24. The van der Waals surface area contributed by atoms with Crippen molar-refractivity contribution in [2.45, 2.75) is 37.7 Å². The van der Waals surface area contributed by atoms with Crippen molar-refractivity contribution in [1.29, 1.82) is 0 Å². The van der Waals surface area contributed by atoms with Gasteiger partial charge in [0.15, 0.2) is 11.0 Å². The Kier molecular flexibility index (Phi) is 7.15. The second-order valence-electron chi connectivity index (χ2n) is 7.27. The fourth-order valence-corrected chi connectivity index (χ4v) is 4.43. The third kappa shape index (κ3) is 4.51. The number of carbonyl (C=O) groups excluding carboxylic acids is 1. The van der Waals surface area contributed by atoms with Gasteiger partial charge in [0.2, 0.25) is 5.91 Å². The summed E-state index contributed by atoms with van der Waals surface area (Å²) in [4.78, 5) is 15.0. The summed E-state index contributed by atoms with van der Waals surface area (Å²) in [5.74, 6) is 1.66. The van der Waals surface area contributed by atoms with Crippen LogP contribution >= 0.6 is 11.8 Å². The molecule has 0 radical (unpaired) electrons. The van der Waals surface area contributed by atoms with Gasteiger partial charge in [-0.15, -0.1) is 10.2 Å². The maximum Gasteiger partial charge on any atom is 0.240 e. The number of carbonyl (C=O) groups is 1. The van der Waals surface area contributed by atoms with Crippen LogP contribution < -0.4 is 9.64 Å². The molecule has 3 aromatic rings. The van der Waals surface area contributed by atoms with Gasteiger partial charge in [0.1, 0.15) is 5.75 Å². The van der Waals surface area contributed by atoms with Crippen LogP contribution in [0, 0.1) is 5.92 Å². The topological polar surface area (TPSA) is 60.2 Å². The van der Waals surface area contributed by atoms with E-state index in [4.69, 9.17) is 4.74 Å². The Morgan fingerprint density at radius 2 is 1.77 bits per heavy atom. The number of hydrogen-bond acceptors (Lipinski definition) is 5. The first kappa shape index (κ1) is 21.9. The fraction of sp³-hybridized carbons (Fsp3) is 0.348. The first-order chi connectivity index (χ1) is 14.5. The van der Waals surface area contributed by atoms with Crippen LogP contribution in [0.4, 0.5) is 5.69 Å². The number of rotatable bonds is 8. The van der Waals surface area contributed by atoms with Crippen LogP contribution in [-0.4, -0.2) is 40.1 Å². The van der Waals surface area contributed by atoms with Gasteiger partial charge in [0.05, 0.1) is 17.9 Å². The first-order valence-electron chi connectivity index (χ1n) is 10.0. The monoisotopic (exact) mass is 424 g/mol. The molecule has 158 valence electrons. The number of methoxy groups -OCH3 is 1. The lowest BCUT2D eigenvalue weighted by atomic mass is 10.1. The summed E-state index contributed by atoms with van der Waals surface area (Å²) < 4.78 is 7.53. The lowest BCUT2D eigenvalue weighted by Gasteiger charge is -2.25. The number of ether oxygens (including phenoxy) is 1. The maximum absolute atomic E-state index is 13.3. The summed E-state index contributed by atoms with van der Waals surface area (Å²) in [6, 6.07) is 17.5. The zero-order valence-corrected chi connectivity index (χ0v) is 18.9. The van der Waals surface area contributed by atoms with Crippen molar-refractivity contribution in [1.82, 2.24) is 14.8 Å². The second-order valence-corrected chi connectivity index (χ2v) is 8.37. The van der Waals surface area contributed by atoms with Crippen LogP contribution in [0.3, 0.4) is 0 Å². The van der Waals surface area contributed by atoms with Crippen molar-refractivity contribution in [3.05, 3.63) is 54.6 Å². The van der Waals surface area contributed by atoms with Gasteiger partial charge < -0.3 is 14.2 Å². The molecular weight excluding hydrogens is 396 g/mol. The number of anilines is 1. The van der Waals surface area contributed by atoms with Gasteiger partial charge in [-0.2, -0.15) is 0 Å². The van der Waals surface area contributed by atoms with E-state index in [1.165, 1.54) is 11.8 Å². The molecule has 30 heavy (non-hydrogen) atoms. The highest BCUT2D eigenvalue weighted by Gasteiger charge is 2.30. The summed E-state index contributed by atoms with van der Waals surface area (Å²) in [6.07, 6.45) is 0. The van der Waals surface area contributed by atoms with Gasteiger partial charge >= 0.3 is 0 Å². The summed E-state index contributed by atoms with van der Waals surface area (Å²) in [5, 5.41) is 9.30. The molecule has 0 bridgehead atoms. The normalized spacial score (nSPS) is 12.1. The number of aromatic nitrogens is 3. The van der Waals surface area contributed by atoms with E-state index in [0.717, 1.165) is 28.0 Å². The maximum atomic E-state index is 13.3. The molecule has 1 atom stereocenters. The first-order valence-corrected chi connectivity index (χ1v) is 10.9. The molecule has 1 amide bonds. The number of para-hydroxylation sites is 2. The van der Waals surface area contributed by atoms with Gasteiger partial charge in [-0.05, 0) is 37.1 Å². The number of nitrogens with zero attached hydrogens (tertiary/aromatic N) is 4. The van der Waals surface area contributed by atoms with Crippen molar-refractivity contribution >= 4 is 23.4 Å². The van der Waals surface area contributed by atoms with Crippen molar-refractivity contribution < 1.29 is 9.53 Å². The van der Waals surface area contributed by atoms with E-state index in [9.17, 15) is 4.79 Å². The van der Waals surface area contributed by atoms with Gasteiger partial charge in [0.25, 0.3) is 0 Å². The number of amides is 1. The Hall–Kier alpha value is -2.80. The molecule has 0 fully saturated rings. The van der Waals surface area contributed by atoms with E-state index in [2.05, 4.69) is 31.0 Å². The molecule has 0 aliphatic rings. The average Bonchev–Trinajstić information content (AvgIpc) is 3.19. The van der Waals surface area contributed by atoms with E-state index < -0.39 is 0 Å². The number of thioether (sulfide) groups is 1. The smallest absolute Gasteiger partial charge is 0.240 e. The molecule has 0 saturated heterocycles. The second kappa shape index (κ2) is 9.80. The predicted molar refractivity (Wildman–Crippen MR) is 122 cm³/mol. The third-order valence-electron chi connectivity index (χ3n) is 4.94. The standard InChI is InChI=1S/C23H28N4O2S/c1-6-27-21(18-14-10-11-15-19(18)29-5)24-25-23(27)30-20(16(2)3)22(28)26(4)17-12-8-7-9-13-17/h7-16,20H,6H2,1-5H3. The SMILES string of the molecule is CCn1c(SC(C(=O)N(C)c2ccccc2)C(C)C)nnc1-c1ccccc1OC. The highest BCUT2D eigenvalue weighted by Crippen LogP contribution is 2.34. The predicted octanol–water partition coefficient (Wildman–Crippen LogP) is 4.75. The van der Waals surface area contributed by atoms with Crippen LogP contribution in [0.2, 0.25) is 0 Å². The van der Waals surface area contributed by atoms with E-state index >= 15 is 0 Å². The molecule has 0 spiro atoms. The minimum atomic E-state index is -0.282. The van der Waals surface area contributed by atoms with Crippen LogP contribution in [0.25, 0.3) is 11.4 Å². The zero-order valence-electron chi connectivity index (χ0n) is 18.1. The highest BCUT2D eigenvalue weighted by atomic mass is 32.2.